The van der Waals surface area contributed by atoms with E-state index in [1.807, 2.05) is 19.9 Å². The molecule has 1 aromatic rings. The molecule has 2 atom stereocenters. The van der Waals surface area contributed by atoms with Crippen molar-refractivity contribution >= 4 is 11.8 Å². The van der Waals surface area contributed by atoms with Gasteiger partial charge in [-0.3, -0.25) is 9.59 Å². The highest BCUT2D eigenvalue weighted by molar-refractivity contribution is 5.96. The summed E-state index contributed by atoms with van der Waals surface area (Å²) in [6, 6.07) is 7.48. The van der Waals surface area contributed by atoms with Gasteiger partial charge in [-0.05, 0) is 31.7 Å². The summed E-state index contributed by atoms with van der Waals surface area (Å²) in [5.74, 6) is 0.0812. The Labute approximate surface area is 126 Å². The van der Waals surface area contributed by atoms with Gasteiger partial charge in [0, 0.05) is 6.54 Å². The van der Waals surface area contributed by atoms with Crippen molar-refractivity contribution in [3.05, 3.63) is 35.4 Å². The number of rotatable bonds is 4. The molecular formula is C17H24N2O2. The summed E-state index contributed by atoms with van der Waals surface area (Å²) >= 11 is 0. The Morgan fingerprint density at radius 2 is 2.00 bits per heavy atom. The van der Waals surface area contributed by atoms with E-state index in [0.717, 1.165) is 6.42 Å². The molecule has 2 unspecified atom stereocenters. The maximum atomic E-state index is 12.5. The largest absolute Gasteiger partial charge is 0.342 e. The highest BCUT2D eigenvalue weighted by Crippen LogP contribution is 2.16. The van der Waals surface area contributed by atoms with Gasteiger partial charge >= 0.3 is 0 Å². The highest BCUT2D eigenvalue weighted by atomic mass is 16.2. The first-order chi connectivity index (χ1) is 9.90. The van der Waals surface area contributed by atoms with Crippen LogP contribution in [0.4, 0.5) is 0 Å². The Bertz CT molecular complexity index is 539. The SMILES string of the molecule is Cc1cccc(CCN2C(=O)C(C(C)C)NC(=O)C2C)c1. The smallest absolute Gasteiger partial charge is 0.246 e. The predicted molar refractivity (Wildman–Crippen MR) is 82.8 cm³/mol. The van der Waals surface area contributed by atoms with Crippen molar-refractivity contribution in [3.63, 3.8) is 0 Å². The van der Waals surface area contributed by atoms with E-state index in [4.69, 9.17) is 0 Å². The lowest BCUT2D eigenvalue weighted by Crippen LogP contribution is -2.64. The molecule has 0 bridgehead atoms. The van der Waals surface area contributed by atoms with Gasteiger partial charge in [0.25, 0.3) is 0 Å². The molecule has 0 aromatic heterocycles. The van der Waals surface area contributed by atoms with E-state index in [1.165, 1.54) is 11.1 Å². The van der Waals surface area contributed by atoms with E-state index in [0.29, 0.717) is 6.54 Å². The Balaban J connectivity index is 2.09. The fraction of sp³-hybridized carbons (Fsp3) is 0.529. The molecule has 2 rings (SSSR count). The molecule has 1 aromatic carbocycles. The molecule has 0 radical (unpaired) electrons. The molecular weight excluding hydrogens is 264 g/mol. The quantitative estimate of drug-likeness (QED) is 0.920. The molecule has 1 aliphatic heterocycles. The summed E-state index contributed by atoms with van der Waals surface area (Å²) in [6.45, 7) is 8.34. The number of carbonyl (C=O) groups excluding carboxylic acids is 2. The fourth-order valence-corrected chi connectivity index (χ4v) is 2.72. The van der Waals surface area contributed by atoms with E-state index >= 15 is 0 Å². The number of benzene rings is 1. The number of nitrogens with zero attached hydrogens (tertiary/aromatic N) is 1. The van der Waals surface area contributed by atoms with Crippen LogP contribution in [0.3, 0.4) is 0 Å². The zero-order valence-corrected chi connectivity index (χ0v) is 13.2. The first-order valence-corrected chi connectivity index (χ1v) is 7.56. The third kappa shape index (κ3) is 3.43. The van der Waals surface area contributed by atoms with Crippen LogP contribution in [0.15, 0.2) is 24.3 Å². The zero-order valence-electron chi connectivity index (χ0n) is 13.2. The lowest BCUT2D eigenvalue weighted by Gasteiger charge is -2.38. The van der Waals surface area contributed by atoms with Gasteiger partial charge in [-0.1, -0.05) is 43.7 Å². The third-order valence-corrected chi connectivity index (χ3v) is 4.08. The van der Waals surface area contributed by atoms with Crippen LogP contribution in [0.1, 0.15) is 31.9 Å². The molecule has 1 aliphatic rings. The molecule has 1 fully saturated rings. The third-order valence-electron chi connectivity index (χ3n) is 4.08. The average Bonchev–Trinajstić information content (AvgIpc) is 2.42. The molecule has 1 N–H and O–H groups in total. The van der Waals surface area contributed by atoms with Crippen molar-refractivity contribution in [2.24, 2.45) is 5.92 Å². The standard InChI is InChI=1S/C17H24N2O2/c1-11(2)15-17(21)19(13(4)16(20)18-15)9-8-14-7-5-6-12(3)10-14/h5-7,10-11,13,15H,8-9H2,1-4H3,(H,18,20). The average molecular weight is 288 g/mol. The van der Waals surface area contributed by atoms with Crippen LogP contribution >= 0.6 is 0 Å². The molecule has 0 saturated carbocycles. The molecule has 114 valence electrons. The molecule has 0 spiro atoms. The van der Waals surface area contributed by atoms with Crippen LogP contribution in [0.2, 0.25) is 0 Å². The van der Waals surface area contributed by atoms with E-state index in [1.54, 1.807) is 11.8 Å². The summed E-state index contributed by atoms with van der Waals surface area (Å²) in [5, 5.41) is 2.82. The van der Waals surface area contributed by atoms with Crippen LogP contribution in [-0.4, -0.2) is 35.3 Å². The van der Waals surface area contributed by atoms with Gasteiger partial charge in [-0.15, -0.1) is 0 Å². The first-order valence-electron chi connectivity index (χ1n) is 7.56. The van der Waals surface area contributed by atoms with Crippen molar-refractivity contribution < 1.29 is 9.59 Å². The first kappa shape index (κ1) is 15.5. The van der Waals surface area contributed by atoms with Gasteiger partial charge in [0.05, 0.1) is 0 Å². The van der Waals surface area contributed by atoms with E-state index in [2.05, 4.69) is 30.4 Å². The summed E-state index contributed by atoms with van der Waals surface area (Å²) in [6.07, 6.45) is 0.774. The van der Waals surface area contributed by atoms with Gasteiger partial charge in [0.2, 0.25) is 11.8 Å². The Morgan fingerprint density at radius 3 is 2.62 bits per heavy atom. The summed E-state index contributed by atoms with van der Waals surface area (Å²) in [5.41, 5.74) is 2.41. The minimum Gasteiger partial charge on any atom is -0.342 e. The maximum absolute atomic E-state index is 12.5. The second-order valence-electron chi connectivity index (χ2n) is 6.18. The summed E-state index contributed by atoms with van der Waals surface area (Å²) in [4.78, 5) is 26.3. The van der Waals surface area contributed by atoms with E-state index < -0.39 is 12.1 Å². The van der Waals surface area contributed by atoms with Crippen molar-refractivity contribution in [1.82, 2.24) is 10.2 Å². The lowest BCUT2D eigenvalue weighted by molar-refractivity contribution is -0.149. The maximum Gasteiger partial charge on any atom is 0.246 e. The van der Waals surface area contributed by atoms with Crippen LogP contribution in [0, 0.1) is 12.8 Å². The Kier molecular flexibility index (Phi) is 4.66. The fourth-order valence-electron chi connectivity index (χ4n) is 2.72. The van der Waals surface area contributed by atoms with Crippen molar-refractivity contribution in [1.29, 1.82) is 0 Å². The number of amides is 2. The van der Waals surface area contributed by atoms with Gasteiger partial charge < -0.3 is 10.2 Å². The topological polar surface area (TPSA) is 49.4 Å². The van der Waals surface area contributed by atoms with Crippen LogP contribution in [0.25, 0.3) is 0 Å². The van der Waals surface area contributed by atoms with Gasteiger partial charge in [0.15, 0.2) is 0 Å². The Morgan fingerprint density at radius 1 is 1.29 bits per heavy atom. The zero-order chi connectivity index (χ0) is 15.6. The minimum atomic E-state index is -0.397. The van der Waals surface area contributed by atoms with Crippen LogP contribution < -0.4 is 5.32 Å². The summed E-state index contributed by atoms with van der Waals surface area (Å²) in [7, 11) is 0. The van der Waals surface area contributed by atoms with Crippen molar-refractivity contribution in [2.45, 2.75) is 46.2 Å². The van der Waals surface area contributed by atoms with Gasteiger partial charge in [-0.2, -0.15) is 0 Å². The number of carbonyl (C=O) groups is 2. The molecule has 4 nitrogen and oxygen atoms in total. The second-order valence-corrected chi connectivity index (χ2v) is 6.18. The Hall–Kier alpha value is -1.84. The summed E-state index contributed by atoms with van der Waals surface area (Å²) < 4.78 is 0. The normalized spacial score (nSPS) is 22.6. The number of nitrogens with one attached hydrogen (secondary N) is 1. The second kappa shape index (κ2) is 6.29. The van der Waals surface area contributed by atoms with E-state index in [-0.39, 0.29) is 17.7 Å². The lowest BCUT2D eigenvalue weighted by atomic mass is 9.97. The number of piperazine rings is 1. The monoisotopic (exact) mass is 288 g/mol. The van der Waals surface area contributed by atoms with E-state index in [9.17, 15) is 9.59 Å². The van der Waals surface area contributed by atoms with Gasteiger partial charge in [-0.25, -0.2) is 0 Å². The molecule has 1 saturated heterocycles. The molecule has 4 heteroatoms. The minimum absolute atomic E-state index is 0.0322. The number of hydrogen-bond donors (Lipinski definition) is 1. The van der Waals surface area contributed by atoms with Crippen molar-refractivity contribution in [3.8, 4) is 0 Å². The van der Waals surface area contributed by atoms with Crippen LogP contribution in [0.5, 0.6) is 0 Å². The number of aryl methyl sites for hydroxylation is 1. The molecule has 0 aliphatic carbocycles. The van der Waals surface area contributed by atoms with Crippen LogP contribution in [-0.2, 0) is 16.0 Å². The molecule has 1 heterocycles. The van der Waals surface area contributed by atoms with Crippen molar-refractivity contribution in [2.75, 3.05) is 6.54 Å². The number of hydrogen-bond acceptors (Lipinski definition) is 2. The molecule has 21 heavy (non-hydrogen) atoms. The molecule has 2 amide bonds. The highest BCUT2D eigenvalue weighted by Gasteiger charge is 2.38. The van der Waals surface area contributed by atoms with Gasteiger partial charge in [0.1, 0.15) is 12.1 Å². The predicted octanol–water partition coefficient (Wildman–Crippen LogP) is 1.91.